The number of nitrogens with one attached hydrogen (secondary N) is 1. The lowest BCUT2D eigenvalue weighted by Gasteiger charge is -2.18. The van der Waals surface area contributed by atoms with E-state index in [1.807, 2.05) is 19.9 Å². The number of pyridine rings is 1. The first-order valence-corrected chi connectivity index (χ1v) is 3.64. The summed E-state index contributed by atoms with van der Waals surface area (Å²) < 4.78 is 0. The Morgan fingerprint density at radius 3 is 2.60 bits per heavy atom. The molecule has 1 aromatic heterocycles. The van der Waals surface area contributed by atoms with Crippen LogP contribution in [-0.4, -0.2) is 4.98 Å². The van der Waals surface area contributed by atoms with Gasteiger partial charge in [0.2, 0.25) is 0 Å². The third-order valence-corrected chi connectivity index (χ3v) is 1.34. The molecule has 0 spiro atoms. The third-order valence-electron chi connectivity index (χ3n) is 1.34. The number of nitrogens with zero attached hydrogens (tertiary/aromatic N) is 1. The summed E-state index contributed by atoms with van der Waals surface area (Å²) in [6.07, 6.45) is 1.80. The number of aromatic nitrogens is 1. The first-order chi connectivity index (χ1) is 4.97. The van der Waals surface area contributed by atoms with Gasteiger partial charge in [0.05, 0.1) is 0 Å². The van der Waals surface area contributed by atoms with Crippen molar-refractivity contribution in [3.05, 3.63) is 23.9 Å². The molecular formula is C8H12N2. The molecule has 0 saturated heterocycles. The van der Waals surface area contributed by atoms with Gasteiger partial charge in [-0.3, -0.25) is 0 Å². The van der Waals surface area contributed by atoms with Gasteiger partial charge in [-0.15, -0.1) is 0 Å². The molecule has 0 radical (unpaired) electrons. The molecule has 2 heterocycles. The van der Waals surface area contributed by atoms with Crippen molar-refractivity contribution in [3.8, 4) is 0 Å². The molecule has 0 fully saturated rings. The summed E-state index contributed by atoms with van der Waals surface area (Å²) in [6, 6.07) is 4.04. The SMILES string of the molecule is CC.c1cnc2c(c1)CN2. The Morgan fingerprint density at radius 1 is 1.50 bits per heavy atom. The molecule has 2 heteroatoms. The lowest BCUT2D eigenvalue weighted by molar-refractivity contribution is 0.996. The maximum atomic E-state index is 4.05. The molecule has 0 saturated carbocycles. The van der Waals surface area contributed by atoms with Gasteiger partial charge < -0.3 is 5.32 Å². The summed E-state index contributed by atoms with van der Waals surface area (Å²) in [5.74, 6) is 1.05. The minimum atomic E-state index is 0.989. The van der Waals surface area contributed by atoms with Crippen LogP contribution in [0.25, 0.3) is 0 Å². The van der Waals surface area contributed by atoms with Crippen LogP contribution in [0.4, 0.5) is 5.82 Å². The van der Waals surface area contributed by atoms with Crippen molar-refractivity contribution >= 4 is 5.82 Å². The molecule has 0 bridgehead atoms. The van der Waals surface area contributed by atoms with Crippen molar-refractivity contribution in [2.24, 2.45) is 0 Å². The third kappa shape index (κ3) is 1.10. The van der Waals surface area contributed by atoms with Gasteiger partial charge in [-0.2, -0.15) is 0 Å². The molecule has 0 aromatic carbocycles. The first kappa shape index (κ1) is 7.06. The summed E-state index contributed by atoms with van der Waals surface area (Å²) in [7, 11) is 0. The van der Waals surface area contributed by atoms with Crippen LogP contribution in [-0.2, 0) is 6.54 Å². The van der Waals surface area contributed by atoms with E-state index in [1.165, 1.54) is 5.56 Å². The molecule has 0 atom stereocenters. The van der Waals surface area contributed by atoms with Crippen LogP contribution in [0.2, 0.25) is 0 Å². The average molecular weight is 136 g/mol. The van der Waals surface area contributed by atoms with Gasteiger partial charge in [0.1, 0.15) is 5.82 Å². The highest BCUT2D eigenvalue weighted by atomic mass is 15.0. The summed E-state index contributed by atoms with van der Waals surface area (Å²) >= 11 is 0. The second kappa shape index (κ2) is 3.20. The van der Waals surface area contributed by atoms with Gasteiger partial charge in [-0.1, -0.05) is 19.9 Å². The maximum absolute atomic E-state index is 4.05. The standard InChI is InChI=1S/C6H6N2.C2H6/c1-2-5-4-8-6(5)7-3-1;1-2/h1-3H,4H2,(H,7,8);1-2H3. The highest BCUT2D eigenvalue weighted by molar-refractivity contribution is 5.52. The minimum absolute atomic E-state index is 0.989. The summed E-state index contributed by atoms with van der Waals surface area (Å²) in [4.78, 5) is 4.05. The Labute approximate surface area is 61.3 Å². The van der Waals surface area contributed by atoms with Crippen molar-refractivity contribution in [1.82, 2.24) is 4.98 Å². The molecule has 10 heavy (non-hydrogen) atoms. The fourth-order valence-corrected chi connectivity index (χ4v) is 0.813. The highest BCUT2D eigenvalue weighted by Crippen LogP contribution is 2.20. The van der Waals surface area contributed by atoms with Gasteiger partial charge in [-0.05, 0) is 6.07 Å². The van der Waals surface area contributed by atoms with Gasteiger partial charge >= 0.3 is 0 Å². The van der Waals surface area contributed by atoms with Crippen molar-refractivity contribution < 1.29 is 0 Å². The molecule has 0 aliphatic carbocycles. The molecule has 1 aromatic rings. The van der Waals surface area contributed by atoms with Gasteiger partial charge in [0.25, 0.3) is 0 Å². The van der Waals surface area contributed by atoms with Crippen molar-refractivity contribution in [2.45, 2.75) is 20.4 Å². The maximum Gasteiger partial charge on any atom is 0.131 e. The van der Waals surface area contributed by atoms with E-state index in [-0.39, 0.29) is 0 Å². The molecule has 0 amide bonds. The molecule has 1 aliphatic heterocycles. The van der Waals surface area contributed by atoms with Crippen molar-refractivity contribution in [1.29, 1.82) is 0 Å². The average Bonchev–Trinajstić information content (AvgIpc) is 1.96. The quantitative estimate of drug-likeness (QED) is 0.590. The Hall–Kier alpha value is -1.05. The molecular weight excluding hydrogens is 124 g/mol. The lowest BCUT2D eigenvalue weighted by atomic mass is 10.2. The Morgan fingerprint density at radius 2 is 2.30 bits per heavy atom. The zero-order chi connectivity index (χ0) is 7.40. The van der Waals surface area contributed by atoms with Crippen LogP contribution >= 0.6 is 0 Å². The monoisotopic (exact) mass is 136 g/mol. The van der Waals surface area contributed by atoms with Gasteiger partial charge in [-0.25, -0.2) is 4.98 Å². The number of anilines is 1. The topological polar surface area (TPSA) is 24.9 Å². The highest BCUT2D eigenvalue weighted by Gasteiger charge is 2.09. The van der Waals surface area contributed by atoms with E-state index in [1.54, 1.807) is 6.20 Å². The molecule has 2 rings (SSSR count). The number of rotatable bonds is 0. The predicted octanol–water partition coefficient (Wildman–Crippen LogP) is 2.03. The molecule has 54 valence electrons. The van der Waals surface area contributed by atoms with E-state index in [2.05, 4.69) is 16.4 Å². The smallest absolute Gasteiger partial charge is 0.131 e. The van der Waals surface area contributed by atoms with Crippen LogP contribution in [0.3, 0.4) is 0 Å². The van der Waals surface area contributed by atoms with Crippen LogP contribution in [0, 0.1) is 0 Å². The van der Waals surface area contributed by atoms with E-state index < -0.39 is 0 Å². The number of hydrogen-bond donors (Lipinski definition) is 1. The second-order valence-corrected chi connectivity index (χ2v) is 1.86. The first-order valence-electron chi connectivity index (χ1n) is 3.64. The Balaban J connectivity index is 0.000000231. The lowest BCUT2D eigenvalue weighted by Crippen LogP contribution is -2.14. The van der Waals surface area contributed by atoms with E-state index in [0.717, 1.165) is 12.4 Å². The fraction of sp³-hybridized carbons (Fsp3) is 0.375. The van der Waals surface area contributed by atoms with E-state index in [4.69, 9.17) is 0 Å². The molecule has 1 N–H and O–H groups in total. The van der Waals surface area contributed by atoms with Gasteiger partial charge in [0, 0.05) is 18.3 Å². The van der Waals surface area contributed by atoms with Crippen LogP contribution in [0.5, 0.6) is 0 Å². The summed E-state index contributed by atoms with van der Waals surface area (Å²) in [6.45, 7) is 4.99. The van der Waals surface area contributed by atoms with Crippen LogP contribution in [0.15, 0.2) is 18.3 Å². The number of hydrogen-bond acceptors (Lipinski definition) is 2. The fourth-order valence-electron chi connectivity index (χ4n) is 0.813. The summed E-state index contributed by atoms with van der Waals surface area (Å²) in [5.41, 5.74) is 1.33. The van der Waals surface area contributed by atoms with Gasteiger partial charge in [0.15, 0.2) is 0 Å². The van der Waals surface area contributed by atoms with Crippen LogP contribution < -0.4 is 5.32 Å². The second-order valence-electron chi connectivity index (χ2n) is 1.86. The predicted molar refractivity (Wildman–Crippen MR) is 42.9 cm³/mol. The summed E-state index contributed by atoms with van der Waals surface area (Å²) in [5, 5.41) is 3.08. The van der Waals surface area contributed by atoms with Crippen molar-refractivity contribution in [3.63, 3.8) is 0 Å². The minimum Gasteiger partial charge on any atom is -0.366 e. The normalized spacial score (nSPS) is 11.4. The van der Waals surface area contributed by atoms with E-state index in [0.29, 0.717) is 0 Å². The zero-order valence-electron chi connectivity index (χ0n) is 6.39. The number of fused-ring (bicyclic) bond motifs is 1. The Kier molecular flexibility index (Phi) is 2.26. The zero-order valence-corrected chi connectivity index (χ0v) is 6.39. The van der Waals surface area contributed by atoms with E-state index in [9.17, 15) is 0 Å². The van der Waals surface area contributed by atoms with Crippen molar-refractivity contribution in [2.75, 3.05) is 5.32 Å². The molecule has 2 nitrogen and oxygen atoms in total. The van der Waals surface area contributed by atoms with Crippen LogP contribution in [0.1, 0.15) is 19.4 Å². The molecule has 0 unspecified atom stereocenters. The molecule has 1 aliphatic rings. The largest absolute Gasteiger partial charge is 0.366 e. The van der Waals surface area contributed by atoms with E-state index >= 15 is 0 Å². The Bertz CT molecular complexity index is 185.